The predicted molar refractivity (Wildman–Crippen MR) is 57.4 cm³/mol. The SMILES string of the molecule is NC(=O)C(O)CNc1ncc(N)cc1Cl. The summed E-state index contributed by atoms with van der Waals surface area (Å²) in [5.74, 6) is -0.472. The van der Waals surface area contributed by atoms with Crippen LogP contribution in [0.3, 0.4) is 0 Å². The lowest BCUT2D eigenvalue weighted by molar-refractivity contribution is -0.125. The number of nitrogens with one attached hydrogen (secondary N) is 1. The number of nitrogen functional groups attached to an aromatic ring is 1. The molecule has 6 nitrogen and oxygen atoms in total. The summed E-state index contributed by atoms with van der Waals surface area (Å²) in [7, 11) is 0. The van der Waals surface area contributed by atoms with E-state index < -0.39 is 12.0 Å². The number of aliphatic hydroxyl groups excluding tert-OH is 1. The van der Waals surface area contributed by atoms with Crippen molar-refractivity contribution >= 4 is 29.0 Å². The number of nitrogens with zero attached hydrogens (tertiary/aromatic N) is 1. The highest BCUT2D eigenvalue weighted by Gasteiger charge is 2.11. The summed E-state index contributed by atoms with van der Waals surface area (Å²) < 4.78 is 0. The Labute approximate surface area is 91.2 Å². The van der Waals surface area contributed by atoms with Crippen molar-refractivity contribution < 1.29 is 9.90 Å². The van der Waals surface area contributed by atoms with Crippen LogP contribution in [0.1, 0.15) is 0 Å². The molecule has 0 saturated heterocycles. The van der Waals surface area contributed by atoms with E-state index >= 15 is 0 Å². The lowest BCUT2D eigenvalue weighted by Gasteiger charge is -2.10. The van der Waals surface area contributed by atoms with Crippen molar-refractivity contribution in [3.63, 3.8) is 0 Å². The zero-order valence-corrected chi connectivity index (χ0v) is 8.53. The summed E-state index contributed by atoms with van der Waals surface area (Å²) in [4.78, 5) is 14.4. The van der Waals surface area contributed by atoms with E-state index in [0.29, 0.717) is 16.5 Å². The number of pyridine rings is 1. The van der Waals surface area contributed by atoms with Gasteiger partial charge in [0.05, 0.1) is 23.5 Å². The van der Waals surface area contributed by atoms with Crippen molar-refractivity contribution in [1.29, 1.82) is 0 Å². The maximum Gasteiger partial charge on any atom is 0.248 e. The average molecular weight is 231 g/mol. The normalized spacial score (nSPS) is 12.1. The van der Waals surface area contributed by atoms with Crippen LogP contribution in [0.4, 0.5) is 11.5 Å². The van der Waals surface area contributed by atoms with E-state index in [0.717, 1.165) is 0 Å². The first kappa shape index (κ1) is 11.5. The zero-order chi connectivity index (χ0) is 11.4. The Hall–Kier alpha value is -1.53. The quantitative estimate of drug-likeness (QED) is 0.561. The molecule has 0 aliphatic carbocycles. The second-order valence-electron chi connectivity index (χ2n) is 2.90. The van der Waals surface area contributed by atoms with E-state index in [1.54, 1.807) is 0 Å². The van der Waals surface area contributed by atoms with Crippen LogP contribution in [0, 0.1) is 0 Å². The molecule has 0 fully saturated rings. The van der Waals surface area contributed by atoms with E-state index in [1.807, 2.05) is 0 Å². The molecule has 82 valence electrons. The predicted octanol–water partition coefficient (Wildman–Crippen LogP) is -0.425. The summed E-state index contributed by atoms with van der Waals surface area (Å²) >= 11 is 5.79. The van der Waals surface area contributed by atoms with Crippen LogP contribution < -0.4 is 16.8 Å². The summed E-state index contributed by atoms with van der Waals surface area (Å²) in [5.41, 5.74) is 10.7. The van der Waals surface area contributed by atoms with Gasteiger partial charge in [-0.2, -0.15) is 0 Å². The number of primary amides is 1. The molecule has 1 amide bonds. The monoisotopic (exact) mass is 230 g/mol. The summed E-state index contributed by atoms with van der Waals surface area (Å²) in [6, 6.07) is 1.51. The first-order chi connectivity index (χ1) is 7.00. The minimum Gasteiger partial charge on any atom is -0.397 e. The zero-order valence-electron chi connectivity index (χ0n) is 7.77. The standard InChI is InChI=1S/C8H11ClN4O2/c9-5-1-4(10)2-12-8(5)13-3-6(14)7(11)15/h1-2,6,14H,3,10H2,(H2,11,15)(H,12,13). The highest BCUT2D eigenvalue weighted by molar-refractivity contribution is 6.33. The molecule has 0 aliphatic rings. The number of amides is 1. The van der Waals surface area contributed by atoms with Crippen molar-refractivity contribution in [2.45, 2.75) is 6.10 Å². The van der Waals surface area contributed by atoms with E-state index in [1.165, 1.54) is 12.3 Å². The first-order valence-electron chi connectivity index (χ1n) is 4.13. The van der Waals surface area contributed by atoms with Gasteiger partial charge in [-0.15, -0.1) is 0 Å². The molecule has 6 N–H and O–H groups in total. The molecule has 0 saturated carbocycles. The van der Waals surface area contributed by atoms with Gasteiger partial charge >= 0.3 is 0 Å². The van der Waals surface area contributed by atoms with Crippen molar-refractivity contribution in [3.8, 4) is 0 Å². The second-order valence-corrected chi connectivity index (χ2v) is 3.31. The van der Waals surface area contributed by atoms with Crippen LogP contribution in [-0.2, 0) is 4.79 Å². The molecular weight excluding hydrogens is 220 g/mol. The number of carbonyl (C=O) groups excluding carboxylic acids is 1. The lowest BCUT2D eigenvalue weighted by atomic mass is 10.3. The Bertz CT molecular complexity index is 372. The summed E-state index contributed by atoms with van der Waals surface area (Å²) in [6.45, 7) is -0.0496. The van der Waals surface area contributed by atoms with Gasteiger partial charge in [0.25, 0.3) is 0 Å². The number of carbonyl (C=O) groups is 1. The molecular formula is C8H11ClN4O2. The Kier molecular flexibility index (Phi) is 3.70. The third-order valence-electron chi connectivity index (χ3n) is 1.65. The number of halogens is 1. The number of aromatic nitrogens is 1. The van der Waals surface area contributed by atoms with Gasteiger partial charge in [0.2, 0.25) is 5.91 Å². The number of rotatable bonds is 4. The third kappa shape index (κ3) is 3.26. The summed E-state index contributed by atoms with van der Waals surface area (Å²) in [6.07, 6.45) is 0.130. The van der Waals surface area contributed by atoms with Gasteiger partial charge < -0.3 is 21.9 Å². The van der Waals surface area contributed by atoms with Gasteiger partial charge in [-0.05, 0) is 6.07 Å². The minimum atomic E-state index is -1.28. The Morgan fingerprint density at radius 3 is 2.93 bits per heavy atom. The first-order valence-corrected chi connectivity index (χ1v) is 4.50. The van der Waals surface area contributed by atoms with Crippen LogP contribution in [0.25, 0.3) is 0 Å². The fraction of sp³-hybridized carbons (Fsp3) is 0.250. The Morgan fingerprint density at radius 1 is 1.73 bits per heavy atom. The summed E-state index contributed by atoms with van der Waals surface area (Å²) in [5, 5.41) is 12.1. The van der Waals surface area contributed by atoms with Crippen LogP contribution in [0.2, 0.25) is 5.02 Å². The largest absolute Gasteiger partial charge is 0.397 e. The van der Waals surface area contributed by atoms with E-state index in [9.17, 15) is 4.79 Å². The van der Waals surface area contributed by atoms with Gasteiger partial charge in [0.15, 0.2) is 0 Å². The van der Waals surface area contributed by atoms with Crippen molar-refractivity contribution in [2.75, 3.05) is 17.6 Å². The minimum absolute atomic E-state index is 0.0496. The molecule has 0 aliphatic heterocycles. The molecule has 0 aromatic carbocycles. The van der Waals surface area contributed by atoms with E-state index in [4.69, 9.17) is 28.2 Å². The van der Waals surface area contributed by atoms with Crippen LogP contribution in [-0.4, -0.2) is 28.6 Å². The number of nitrogens with two attached hydrogens (primary N) is 2. The number of aliphatic hydroxyl groups is 1. The topological polar surface area (TPSA) is 114 Å². The van der Waals surface area contributed by atoms with Crippen LogP contribution in [0.5, 0.6) is 0 Å². The van der Waals surface area contributed by atoms with E-state index in [2.05, 4.69) is 10.3 Å². The highest BCUT2D eigenvalue weighted by atomic mass is 35.5. The fourth-order valence-corrected chi connectivity index (χ4v) is 1.12. The second kappa shape index (κ2) is 4.81. The van der Waals surface area contributed by atoms with Gasteiger partial charge in [-0.25, -0.2) is 4.98 Å². The molecule has 0 bridgehead atoms. The van der Waals surface area contributed by atoms with Gasteiger partial charge in [0, 0.05) is 0 Å². The smallest absolute Gasteiger partial charge is 0.248 e. The third-order valence-corrected chi connectivity index (χ3v) is 1.94. The molecule has 15 heavy (non-hydrogen) atoms. The van der Waals surface area contributed by atoms with Gasteiger partial charge in [0.1, 0.15) is 11.9 Å². The van der Waals surface area contributed by atoms with Crippen LogP contribution in [0.15, 0.2) is 12.3 Å². The van der Waals surface area contributed by atoms with E-state index in [-0.39, 0.29) is 6.54 Å². The molecule has 7 heteroatoms. The van der Waals surface area contributed by atoms with Crippen LogP contribution >= 0.6 is 11.6 Å². The number of anilines is 2. The molecule has 1 aromatic heterocycles. The van der Waals surface area contributed by atoms with Crippen molar-refractivity contribution in [2.24, 2.45) is 5.73 Å². The molecule has 1 atom stereocenters. The lowest BCUT2D eigenvalue weighted by Crippen LogP contribution is -2.34. The molecule has 1 rings (SSSR count). The molecule has 1 unspecified atom stereocenters. The Balaban J connectivity index is 2.62. The molecule has 0 spiro atoms. The molecule has 0 radical (unpaired) electrons. The highest BCUT2D eigenvalue weighted by Crippen LogP contribution is 2.20. The number of hydrogen-bond acceptors (Lipinski definition) is 5. The Morgan fingerprint density at radius 2 is 2.40 bits per heavy atom. The molecule has 1 heterocycles. The average Bonchev–Trinajstić information content (AvgIpc) is 2.15. The number of hydrogen-bond donors (Lipinski definition) is 4. The fourth-order valence-electron chi connectivity index (χ4n) is 0.877. The van der Waals surface area contributed by atoms with Crippen molar-refractivity contribution in [1.82, 2.24) is 4.98 Å². The van der Waals surface area contributed by atoms with Gasteiger partial charge in [-0.1, -0.05) is 11.6 Å². The van der Waals surface area contributed by atoms with Gasteiger partial charge in [-0.3, -0.25) is 4.79 Å². The maximum atomic E-state index is 10.5. The maximum absolute atomic E-state index is 10.5. The van der Waals surface area contributed by atoms with Crippen molar-refractivity contribution in [3.05, 3.63) is 17.3 Å². The molecule has 1 aromatic rings.